The molecule has 0 saturated carbocycles. The first-order valence-electron chi connectivity index (χ1n) is 7.11. The van der Waals surface area contributed by atoms with Gasteiger partial charge in [0.15, 0.2) is 0 Å². The molecule has 1 aliphatic heterocycles. The predicted octanol–water partition coefficient (Wildman–Crippen LogP) is 2.48. The number of pyridine rings is 1. The van der Waals surface area contributed by atoms with Gasteiger partial charge in [0.05, 0.1) is 5.92 Å². The molecular weight excluding hydrogens is 292 g/mol. The minimum atomic E-state index is -0.850. The highest BCUT2D eigenvalue weighted by molar-refractivity contribution is 6.29. The Morgan fingerprint density at radius 3 is 2.71 bits per heavy atom. The molecular formula is C15H19ClN2O3. The van der Waals surface area contributed by atoms with Gasteiger partial charge in [0.25, 0.3) is 5.91 Å². The zero-order valence-corrected chi connectivity index (χ0v) is 12.9. The quantitative estimate of drug-likeness (QED) is 0.867. The van der Waals surface area contributed by atoms with Gasteiger partial charge >= 0.3 is 5.97 Å². The first-order chi connectivity index (χ1) is 9.92. The Bertz CT molecular complexity index is 562. The van der Waals surface area contributed by atoms with Gasteiger partial charge in [0.2, 0.25) is 0 Å². The Hall–Kier alpha value is -1.62. The van der Waals surface area contributed by atoms with Crippen molar-refractivity contribution in [2.45, 2.75) is 26.7 Å². The van der Waals surface area contributed by atoms with Crippen LogP contribution in [0.25, 0.3) is 0 Å². The number of rotatable bonds is 4. The number of carboxylic acids is 1. The number of halogens is 1. The summed E-state index contributed by atoms with van der Waals surface area (Å²) in [5.74, 6) is -1.57. The normalized spacial score (nSPS) is 21.6. The molecule has 1 aromatic heterocycles. The van der Waals surface area contributed by atoms with Crippen molar-refractivity contribution < 1.29 is 14.7 Å². The molecule has 21 heavy (non-hydrogen) atoms. The molecule has 114 valence electrons. The van der Waals surface area contributed by atoms with E-state index in [9.17, 15) is 9.59 Å². The summed E-state index contributed by atoms with van der Waals surface area (Å²) in [7, 11) is 0. The van der Waals surface area contributed by atoms with Crippen molar-refractivity contribution in [3.63, 3.8) is 0 Å². The van der Waals surface area contributed by atoms with Crippen molar-refractivity contribution in [2.75, 3.05) is 13.1 Å². The minimum Gasteiger partial charge on any atom is -0.481 e. The Kier molecular flexibility index (Phi) is 4.83. The molecule has 0 bridgehead atoms. The minimum absolute atomic E-state index is 0.0427. The molecule has 1 fully saturated rings. The van der Waals surface area contributed by atoms with Crippen LogP contribution >= 0.6 is 11.6 Å². The van der Waals surface area contributed by atoms with Gasteiger partial charge in [-0.15, -0.1) is 0 Å². The van der Waals surface area contributed by atoms with E-state index < -0.39 is 11.9 Å². The van der Waals surface area contributed by atoms with Crippen LogP contribution in [0.4, 0.5) is 0 Å². The van der Waals surface area contributed by atoms with Crippen molar-refractivity contribution in [1.29, 1.82) is 0 Å². The number of amides is 1. The van der Waals surface area contributed by atoms with Crippen molar-refractivity contribution in [1.82, 2.24) is 9.88 Å². The number of aromatic nitrogens is 1. The fourth-order valence-corrected chi connectivity index (χ4v) is 2.92. The maximum absolute atomic E-state index is 12.5. The molecule has 1 amide bonds. The smallest absolute Gasteiger partial charge is 0.308 e. The Morgan fingerprint density at radius 2 is 2.14 bits per heavy atom. The summed E-state index contributed by atoms with van der Waals surface area (Å²) < 4.78 is 0. The highest BCUT2D eigenvalue weighted by atomic mass is 35.5. The number of carbonyl (C=O) groups is 2. The van der Waals surface area contributed by atoms with E-state index in [-0.39, 0.29) is 18.4 Å². The number of carboxylic acid groups (broad SMARTS) is 1. The molecule has 0 spiro atoms. The number of aryl methyl sites for hydroxylation is 1. The molecule has 0 aromatic carbocycles. The lowest BCUT2D eigenvalue weighted by Crippen LogP contribution is -2.30. The monoisotopic (exact) mass is 310 g/mol. The first-order valence-corrected chi connectivity index (χ1v) is 7.48. The summed E-state index contributed by atoms with van der Waals surface area (Å²) in [6, 6.07) is 3.29. The third kappa shape index (κ3) is 3.53. The number of nitrogens with zero attached hydrogens (tertiary/aromatic N) is 2. The second kappa shape index (κ2) is 6.43. The van der Waals surface area contributed by atoms with Crippen molar-refractivity contribution in [3.8, 4) is 0 Å². The summed E-state index contributed by atoms with van der Waals surface area (Å²) in [6.45, 7) is 4.59. The van der Waals surface area contributed by atoms with Crippen LogP contribution in [0.15, 0.2) is 12.1 Å². The van der Waals surface area contributed by atoms with E-state index in [0.29, 0.717) is 17.3 Å². The Balaban J connectivity index is 2.19. The second-order valence-corrected chi connectivity index (χ2v) is 5.94. The molecule has 1 aliphatic rings. The van der Waals surface area contributed by atoms with Gasteiger partial charge < -0.3 is 10.0 Å². The van der Waals surface area contributed by atoms with E-state index in [1.807, 2.05) is 13.8 Å². The predicted molar refractivity (Wildman–Crippen MR) is 79.4 cm³/mol. The van der Waals surface area contributed by atoms with Crippen LogP contribution < -0.4 is 0 Å². The molecule has 2 unspecified atom stereocenters. The maximum Gasteiger partial charge on any atom is 0.308 e. The first kappa shape index (κ1) is 15.8. The largest absolute Gasteiger partial charge is 0.481 e. The van der Waals surface area contributed by atoms with E-state index in [2.05, 4.69) is 4.98 Å². The summed E-state index contributed by atoms with van der Waals surface area (Å²) in [5, 5.41) is 9.44. The van der Waals surface area contributed by atoms with Gasteiger partial charge in [0.1, 0.15) is 5.15 Å². The highest BCUT2D eigenvalue weighted by Crippen LogP contribution is 2.25. The van der Waals surface area contributed by atoms with Crippen LogP contribution in [0.3, 0.4) is 0 Å². The summed E-state index contributed by atoms with van der Waals surface area (Å²) in [5.41, 5.74) is 1.27. The van der Waals surface area contributed by atoms with Gasteiger partial charge in [-0.25, -0.2) is 4.98 Å². The molecule has 2 atom stereocenters. The summed E-state index contributed by atoms with van der Waals surface area (Å²) >= 11 is 5.97. The average Bonchev–Trinajstić information content (AvgIpc) is 2.80. The number of aliphatic carboxylic acids is 1. The van der Waals surface area contributed by atoms with Gasteiger partial charge in [0, 0.05) is 24.3 Å². The van der Waals surface area contributed by atoms with Gasteiger partial charge in [-0.05, 0) is 24.5 Å². The third-order valence-electron chi connectivity index (χ3n) is 3.82. The van der Waals surface area contributed by atoms with Crippen molar-refractivity contribution in [2.24, 2.45) is 11.8 Å². The molecule has 1 aromatic rings. The fraction of sp³-hybridized carbons (Fsp3) is 0.533. The zero-order chi connectivity index (χ0) is 15.6. The lowest BCUT2D eigenvalue weighted by Gasteiger charge is -2.16. The molecule has 1 saturated heterocycles. The van der Waals surface area contributed by atoms with Crippen LogP contribution in [-0.2, 0) is 11.2 Å². The zero-order valence-electron chi connectivity index (χ0n) is 12.2. The topological polar surface area (TPSA) is 70.5 Å². The van der Waals surface area contributed by atoms with E-state index in [1.54, 1.807) is 17.0 Å². The average molecular weight is 311 g/mol. The molecule has 2 heterocycles. The van der Waals surface area contributed by atoms with E-state index >= 15 is 0 Å². The lowest BCUT2D eigenvalue weighted by atomic mass is 9.99. The molecule has 0 radical (unpaired) electrons. The van der Waals surface area contributed by atoms with Crippen LogP contribution in [0.1, 0.15) is 36.3 Å². The maximum atomic E-state index is 12.5. The molecule has 0 aliphatic carbocycles. The van der Waals surface area contributed by atoms with Crippen molar-refractivity contribution >= 4 is 23.5 Å². The van der Waals surface area contributed by atoms with Crippen LogP contribution in [0, 0.1) is 11.8 Å². The van der Waals surface area contributed by atoms with E-state index in [0.717, 1.165) is 18.5 Å². The summed E-state index contributed by atoms with van der Waals surface area (Å²) in [6.07, 6.45) is 1.68. The van der Waals surface area contributed by atoms with E-state index in [4.69, 9.17) is 16.7 Å². The molecule has 6 heteroatoms. The van der Waals surface area contributed by atoms with Gasteiger partial charge in [-0.3, -0.25) is 9.59 Å². The number of hydrogen-bond acceptors (Lipinski definition) is 3. The Morgan fingerprint density at radius 1 is 1.43 bits per heavy atom. The number of hydrogen-bond donors (Lipinski definition) is 1. The standard InChI is InChI=1S/C15H19ClN2O3/c1-3-4-11-5-10(6-13(16)17-11)14(19)18-7-9(2)12(8-18)15(20)21/h5-6,9,12H,3-4,7-8H2,1-2H3,(H,20,21). The second-order valence-electron chi connectivity index (χ2n) is 5.55. The fourth-order valence-electron chi connectivity index (χ4n) is 2.70. The highest BCUT2D eigenvalue weighted by Gasteiger charge is 2.37. The van der Waals surface area contributed by atoms with Gasteiger partial charge in [-0.2, -0.15) is 0 Å². The SMILES string of the molecule is CCCc1cc(C(=O)N2CC(C)C(C(=O)O)C2)cc(Cl)n1. The lowest BCUT2D eigenvalue weighted by molar-refractivity contribution is -0.142. The molecule has 1 N–H and O–H groups in total. The van der Waals surface area contributed by atoms with Crippen LogP contribution in [-0.4, -0.2) is 40.0 Å². The van der Waals surface area contributed by atoms with E-state index in [1.165, 1.54) is 0 Å². The van der Waals surface area contributed by atoms with Crippen molar-refractivity contribution in [3.05, 3.63) is 28.5 Å². The Labute approximate surface area is 128 Å². The third-order valence-corrected chi connectivity index (χ3v) is 4.01. The summed E-state index contributed by atoms with van der Waals surface area (Å²) in [4.78, 5) is 29.4. The van der Waals surface area contributed by atoms with Crippen LogP contribution in [0.2, 0.25) is 5.15 Å². The van der Waals surface area contributed by atoms with Gasteiger partial charge in [-0.1, -0.05) is 31.9 Å². The number of likely N-dealkylation sites (tertiary alicyclic amines) is 1. The molecule has 5 nitrogen and oxygen atoms in total. The molecule has 2 rings (SSSR count). The van der Waals surface area contributed by atoms with Crippen LogP contribution in [0.5, 0.6) is 0 Å². The number of carbonyl (C=O) groups excluding carboxylic acids is 1.